The first kappa shape index (κ1) is 26.9. The Kier molecular flexibility index (Phi) is 6.40. The van der Waals surface area contributed by atoms with Gasteiger partial charge in [-0.25, -0.2) is 0 Å². The molecule has 0 aliphatic heterocycles. The number of fused-ring (bicyclic) bond motifs is 10. The highest BCUT2D eigenvalue weighted by Crippen LogP contribution is 2.64. The molecule has 210 valence electrons. The van der Waals surface area contributed by atoms with Crippen molar-refractivity contribution in [2.24, 2.45) is 0 Å². The lowest BCUT2D eigenvalue weighted by Crippen LogP contribution is -2.25. The Bertz CT molecular complexity index is 2150. The predicted molar refractivity (Wildman–Crippen MR) is 190 cm³/mol. The van der Waals surface area contributed by atoms with Gasteiger partial charge in [0, 0.05) is 10.0 Å². The molecule has 6 aromatic carbocycles. The maximum Gasteiger partial charge on any atom is 0.0726 e. The van der Waals surface area contributed by atoms with Gasteiger partial charge in [0.25, 0.3) is 0 Å². The highest BCUT2D eigenvalue weighted by molar-refractivity contribution is 9.10. The van der Waals surface area contributed by atoms with E-state index in [0.717, 1.165) is 4.47 Å². The van der Waals surface area contributed by atoms with Crippen molar-refractivity contribution in [3.8, 4) is 44.5 Å². The van der Waals surface area contributed by atoms with Crippen molar-refractivity contribution in [1.82, 2.24) is 0 Å². The molecule has 0 saturated carbocycles. The van der Waals surface area contributed by atoms with Gasteiger partial charge in [0.15, 0.2) is 0 Å². The Morgan fingerprint density at radius 2 is 1.16 bits per heavy atom. The third-order valence-electron chi connectivity index (χ3n) is 9.43. The first-order chi connectivity index (χ1) is 21.6. The third kappa shape index (κ3) is 3.82. The van der Waals surface area contributed by atoms with Crippen LogP contribution in [0.3, 0.4) is 0 Å². The van der Waals surface area contributed by atoms with E-state index in [-0.39, 0.29) is 5.41 Å². The van der Waals surface area contributed by atoms with E-state index in [1.165, 1.54) is 77.9 Å². The summed E-state index contributed by atoms with van der Waals surface area (Å²) in [6.45, 7) is 4.20. The van der Waals surface area contributed by atoms with Gasteiger partial charge in [-0.3, -0.25) is 0 Å². The lowest BCUT2D eigenvalue weighted by atomic mass is 9.70. The Labute approximate surface area is 268 Å². The van der Waals surface area contributed by atoms with Crippen molar-refractivity contribution >= 4 is 21.5 Å². The molecular weight excluding hydrogens is 596 g/mol. The normalized spacial score (nSPS) is 16.2. The molecule has 0 bridgehead atoms. The minimum Gasteiger partial charge on any atom is -0.0871 e. The lowest BCUT2D eigenvalue weighted by Gasteiger charge is -2.30. The van der Waals surface area contributed by atoms with Crippen molar-refractivity contribution in [1.29, 1.82) is 0 Å². The average molecular weight is 628 g/mol. The fraction of sp³-hybridized carbons (Fsp3) is 0.0698. The lowest BCUT2D eigenvalue weighted by molar-refractivity contribution is 0.794. The zero-order valence-corrected chi connectivity index (χ0v) is 26.4. The molecule has 1 spiro atoms. The van der Waals surface area contributed by atoms with Gasteiger partial charge in [-0.1, -0.05) is 137 Å². The van der Waals surface area contributed by atoms with Crippen LogP contribution in [0.5, 0.6) is 0 Å². The van der Waals surface area contributed by atoms with E-state index in [1.807, 2.05) is 0 Å². The van der Waals surface area contributed by atoms with E-state index in [1.54, 1.807) is 0 Å². The first-order valence-corrected chi connectivity index (χ1v) is 16.1. The maximum absolute atomic E-state index is 3.94. The molecular formula is C43H31Br. The summed E-state index contributed by atoms with van der Waals surface area (Å²) in [5.41, 5.74) is 17.6. The van der Waals surface area contributed by atoms with Gasteiger partial charge in [0.05, 0.1) is 5.41 Å². The van der Waals surface area contributed by atoms with Crippen LogP contribution in [0.4, 0.5) is 0 Å². The molecule has 0 fully saturated rings. The molecule has 1 atom stereocenters. The minimum absolute atomic E-state index is 0.378. The summed E-state index contributed by atoms with van der Waals surface area (Å²) in [5.74, 6) is 0. The van der Waals surface area contributed by atoms with E-state index < -0.39 is 0 Å². The number of rotatable bonds is 4. The molecule has 2 aliphatic carbocycles. The topological polar surface area (TPSA) is 0 Å². The van der Waals surface area contributed by atoms with Gasteiger partial charge in [0.2, 0.25) is 0 Å². The standard InChI is InChI=1S/C43H31Br/c1-3-13-28(4-2)31-24-32(29-14-6-5-7-15-29)26-33(25-31)30-22-23-35-34-16-8-10-18-37(34)43(40(35)27-30)38-19-11-9-17-36(38)42-39(43)20-12-21-41(42)44/h3-27H,1-2H3/b13-3-,28-4+. The largest absolute Gasteiger partial charge is 0.0871 e. The average Bonchev–Trinajstić information content (AvgIpc) is 3.55. The highest BCUT2D eigenvalue weighted by Gasteiger charge is 2.52. The molecule has 6 aromatic rings. The minimum atomic E-state index is -0.378. The van der Waals surface area contributed by atoms with Crippen LogP contribution < -0.4 is 0 Å². The summed E-state index contributed by atoms with van der Waals surface area (Å²) in [6, 6.07) is 49.6. The SMILES string of the molecule is C/C=C\C(=C/C)c1cc(-c2ccccc2)cc(-c2ccc3c(c2)C2(c4ccccc4-3)c3ccccc3-c3c(Br)cccc32)c1. The Morgan fingerprint density at radius 3 is 1.91 bits per heavy atom. The van der Waals surface area contributed by atoms with Gasteiger partial charge in [-0.2, -0.15) is 0 Å². The van der Waals surface area contributed by atoms with Crippen LogP contribution in [-0.2, 0) is 5.41 Å². The number of halogens is 1. The van der Waals surface area contributed by atoms with E-state index in [9.17, 15) is 0 Å². The maximum atomic E-state index is 3.94. The number of benzene rings is 6. The molecule has 0 heterocycles. The van der Waals surface area contributed by atoms with Gasteiger partial charge in [-0.15, -0.1) is 0 Å². The quantitative estimate of drug-likeness (QED) is 0.170. The van der Waals surface area contributed by atoms with Gasteiger partial charge >= 0.3 is 0 Å². The molecule has 0 aromatic heterocycles. The van der Waals surface area contributed by atoms with Crippen LogP contribution in [0.2, 0.25) is 0 Å². The molecule has 0 amide bonds. The smallest absolute Gasteiger partial charge is 0.0726 e. The Balaban J connectivity index is 1.42. The third-order valence-corrected chi connectivity index (χ3v) is 10.1. The van der Waals surface area contributed by atoms with Crippen molar-refractivity contribution in [3.63, 3.8) is 0 Å². The number of hydrogen-bond donors (Lipinski definition) is 0. The molecule has 44 heavy (non-hydrogen) atoms. The van der Waals surface area contributed by atoms with Crippen LogP contribution in [0.25, 0.3) is 50.1 Å². The Hall–Kier alpha value is -4.72. The summed E-state index contributed by atoms with van der Waals surface area (Å²) in [6.07, 6.45) is 6.52. The molecule has 0 N–H and O–H groups in total. The first-order valence-electron chi connectivity index (χ1n) is 15.3. The second kappa shape index (κ2) is 10.5. The second-order valence-corrected chi connectivity index (χ2v) is 12.5. The zero-order valence-electron chi connectivity index (χ0n) is 24.8. The monoisotopic (exact) mass is 626 g/mol. The molecule has 1 unspecified atom stereocenters. The Morgan fingerprint density at radius 1 is 0.523 bits per heavy atom. The van der Waals surface area contributed by atoms with Crippen molar-refractivity contribution in [2.45, 2.75) is 19.3 Å². The molecule has 0 radical (unpaired) electrons. The summed E-state index contributed by atoms with van der Waals surface area (Å²) in [4.78, 5) is 0. The number of allylic oxidation sites excluding steroid dienone is 4. The van der Waals surface area contributed by atoms with Crippen LogP contribution in [0.15, 0.2) is 156 Å². The summed E-state index contributed by atoms with van der Waals surface area (Å²) in [7, 11) is 0. The molecule has 0 saturated heterocycles. The van der Waals surface area contributed by atoms with E-state index in [0.29, 0.717) is 0 Å². The van der Waals surface area contributed by atoms with E-state index >= 15 is 0 Å². The van der Waals surface area contributed by atoms with Crippen molar-refractivity contribution < 1.29 is 0 Å². The summed E-state index contributed by atoms with van der Waals surface area (Å²) in [5, 5.41) is 0. The van der Waals surface area contributed by atoms with E-state index in [4.69, 9.17) is 0 Å². The predicted octanol–water partition coefficient (Wildman–Crippen LogP) is 12.1. The van der Waals surface area contributed by atoms with E-state index in [2.05, 4.69) is 181 Å². The second-order valence-electron chi connectivity index (χ2n) is 11.7. The van der Waals surface area contributed by atoms with Gasteiger partial charge in [0.1, 0.15) is 0 Å². The van der Waals surface area contributed by atoms with Crippen LogP contribution in [-0.4, -0.2) is 0 Å². The van der Waals surface area contributed by atoms with Crippen LogP contribution in [0.1, 0.15) is 41.7 Å². The number of hydrogen-bond acceptors (Lipinski definition) is 0. The summed E-state index contributed by atoms with van der Waals surface area (Å²) < 4.78 is 1.14. The van der Waals surface area contributed by atoms with Crippen LogP contribution in [0, 0.1) is 0 Å². The van der Waals surface area contributed by atoms with Crippen LogP contribution >= 0.6 is 15.9 Å². The molecule has 8 rings (SSSR count). The molecule has 2 aliphatic rings. The van der Waals surface area contributed by atoms with Gasteiger partial charge < -0.3 is 0 Å². The van der Waals surface area contributed by atoms with Gasteiger partial charge in [-0.05, 0) is 117 Å². The fourth-order valence-corrected chi connectivity index (χ4v) is 8.20. The highest BCUT2D eigenvalue weighted by atomic mass is 79.9. The molecule has 1 heteroatoms. The summed E-state index contributed by atoms with van der Waals surface area (Å²) >= 11 is 3.94. The molecule has 0 nitrogen and oxygen atoms in total. The van der Waals surface area contributed by atoms with Crippen molar-refractivity contribution in [3.05, 3.63) is 184 Å². The van der Waals surface area contributed by atoms with Crippen molar-refractivity contribution in [2.75, 3.05) is 0 Å². The fourth-order valence-electron chi connectivity index (χ4n) is 7.62. The zero-order chi connectivity index (χ0) is 29.8.